The zero-order chi connectivity index (χ0) is 21.3. The molecule has 158 valence electrons. The fourth-order valence-electron chi connectivity index (χ4n) is 3.61. The number of para-hydroxylation sites is 2. The van der Waals surface area contributed by atoms with Gasteiger partial charge < -0.3 is 20.1 Å². The number of carbonyl (C=O) groups is 2. The Morgan fingerprint density at radius 2 is 2.07 bits per heavy atom. The lowest BCUT2D eigenvalue weighted by Gasteiger charge is -2.25. The monoisotopic (exact) mass is 431 g/mol. The average molecular weight is 431 g/mol. The second-order valence-electron chi connectivity index (χ2n) is 6.96. The van der Waals surface area contributed by atoms with E-state index in [2.05, 4.69) is 10.6 Å². The summed E-state index contributed by atoms with van der Waals surface area (Å²) in [5.41, 5.74) is 0.768. The molecule has 1 atom stereocenters. The largest absolute Gasteiger partial charge is 0.495 e. The van der Waals surface area contributed by atoms with Gasteiger partial charge in [-0.2, -0.15) is 4.31 Å². The Hall–Kier alpha value is -3.11. The Kier molecular flexibility index (Phi) is 5.35. The highest BCUT2D eigenvalue weighted by Gasteiger charge is 2.40. The van der Waals surface area contributed by atoms with Crippen LogP contribution in [-0.2, 0) is 19.6 Å². The predicted molar refractivity (Wildman–Crippen MR) is 109 cm³/mol. The molecular formula is C20H21N3O6S. The Morgan fingerprint density at radius 1 is 1.27 bits per heavy atom. The number of rotatable bonds is 5. The number of nitrogens with one attached hydrogen (secondary N) is 2. The number of benzene rings is 2. The fraction of sp³-hybridized carbons (Fsp3) is 0.300. The van der Waals surface area contributed by atoms with Gasteiger partial charge in [0.1, 0.15) is 17.5 Å². The highest BCUT2D eigenvalue weighted by atomic mass is 32.2. The van der Waals surface area contributed by atoms with Crippen LogP contribution in [0.2, 0.25) is 0 Å². The van der Waals surface area contributed by atoms with Gasteiger partial charge in [-0.15, -0.1) is 0 Å². The topological polar surface area (TPSA) is 114 Å². The van der Waals surface area contributed by atoms with Crippen LogP contribution >= 0.6 is 0 Å². The highest BCUT2D eigenvalue weighted by molar-refractivity contribution is 7.89. The average Bonchev–Trinajstić information content (AvgIpc) is 3.24. The fourth-order valence-corrected chi connectivity index (χ4v) is 5.30. The van der Waals surface area contributed by atoms with Crippen LogP contribution < -0.4 is 20.1 Å². The van der Waals surface area contributed by atoms with Crippen LogP contribution in [0.5, 0.6) is 11.5 Å². The third-order valence-electron chi connectivity index (χ3n) is 5.06. The standard InChI is InChI=1S/C20H21N3O6S/c1-28-17-7-3-2-5-14(17)22-20(25)16-6-4-10-23(16)30(26,27)13-8-9-18-15(11-13)21-19(24)12-29-18/h2-3,5,7-9,11,16H,4,6,10,12H2,1H3,(H,21,24)(H,22,25)/t16-/m1/s1. The van der Waals surface area contributed by atoms with Gasteiger partial charge in [0.05, 0.1) is 23.4 Å². The smallest absolute Gasteiger partial charge is 0.262 e. The molecule has 2 aromatic carbocycles. The highest BCUT2D eigenvalue weighted by Crippen LogP contribution is 2.34. The maximum atomic E-state index is 13.3. The molecule has 0 spiro atoms. The number of nitrogens with zero attached hydrogens (tertiary/aromatic N) is 1. The zero-order valence-electron chi connectivity index (χ0n) is 16.3. The van der Waals surface area contributed by atoms with Crippen LogP contribution in [0, 0.1) is 0 Å². The Bertz CT molecular complexity index is 1100. The van der Waals surface area contributed by atoms with Crippen molar-refractivity contribution in [2.75, 3.05) is 30.9 Å². The van der Waals surface area contributed by atoms with Gasteiger partial charge in [-0.05, 0) is 43.2 Å². The first kappa shape index (κ1) is 20.2. The number of hydrogen-bond donors (Lipinski definition) is 2. The molecule has 1 fully saturated rings. The first-order valence-corrected chi connectivity index (χ1v) is 10.9. The molecule has 2 N–H and O–H groups in total. The maximum absolute atomic E-state index is 13.3. The molecule has 0 aliphatic carbocycles. The molecule has 2 heterocycles. The van der Waals surface area contributed by atoms with E-state index in [9.17, 15) is 18.0 Å². The van der Waals surface area contributed by atoms with E-state index in [0.29, 0.717) is 35.7 Å². The Balaban J connectivity index is 1.59. The van der Waals surface area contributed by atoms with Crippen molar-refractivity contribution in [1.82, 2.24) is 4.31 Å². The summed E-state index contributed by atoms with van der Waals surface area (Å²) in [6.45, 7) is 0.114. The van der Waals surface area contributed by atoms with E-state index in [1.54, 1.807) is 24.3 Å². The molecule has 0 aromatic heterocycles. The van der Waals surface area contributed by atoms with Crippen LogP contribution in [0.3, 0.4) is 0 Å². The van der Waals surface area contributed by atoms with Crippen molar-refractivity contribution in [1.29, 1.82) is 0 Å². The van der Waals surface area contributed by atoms with Gasteiger partial charge in [0, 0.05) is 6.54 Å². The first-order valence-electron chi connectivity index (χ1n) is 9.42. The van der Waals surface area contributed by atoms with E-state index in [1.165, 1.54) is 29.6 Å². The van der Waals surface area contributed by atoms with Crippen LogP contribution in [-0.4, -0.2) is 50.8 Å². The molecule has 10 heteroatoms. The summed E-state index contributed by atoms with van der Waals surface area (Å²) in [5, 5.41) is 5.37. The van der Waals surface area contributed by atoms with E-state index >= 15 is 0 Å². The summed E-state index contributed by atoms with van der Waals surface area (Å²) in [5.74, 6) is 0.117. The van der Waals surface area contributed by atoms with Crippen LogP contribution in [0.25, 0.3) is 0 Å². The first-order chi connectivity index (χ1) is 14.4. The summed E-state index contributed by atoms with van der Waals surface area (Å²) in [6, 6.07) is 10.4. The van der Waals surface area contributed by atoms with Gasteiger partial charge in [-0.1, -0.05) is 12.1 Å². The van der Waals surface area contributed by atoms with Crippen molar-refractivity contribution in [3.05, 3.63) is 42.5 Å². The molecule has 0 bridgehead atoms. The third kappa shape index (κ3) is 3.71. The second kappa shape index (κ2) is 7.96. The van der Waals surface area contributed by atoms with Crippen molar-refractivity contribution in [2.24, 2.45) is 0 Å². The minimum Gasteiger partial charge on any atom is -0.495 e. The van der Waals surface area contributed by atoms with Gasteiger partial charge in [0.25, 0.3) is 5.91 Å². The predicted octanol–water partition coefficient (Wildman–Crippen LogP) is 1.82. The van der Waals surface area contributed by atoms with Gasteiger partial charge in [-0.3, -0.25) is 9.59 Å². The number of fused-ring (bicyclic) bond motifs is 1. The quantitative estimate of drug-likeness (QED) is 0.747. The summed E-state index contributed by atoms with van der Waals surface area (Å²) in [4.78, 5) is 24.4. The van der Waals surface area contributed by atoms with E-state index in [0.717, 1.165) is 0 Å². The molecule has 1 saturated heterocycles. The van der Waals surface area contributed by atoms with Crippen LogP contribution in [0.4, 0.5) is 11.4 Å². The van der Waals surface area contributed by atoms with E-state index in [-0.39, 0.29) is 24.0 Å². The third-order valence-corrected chi connectivity index (χ3v) is 6.97. The van der Waals surface area contributed by atoms with Crippen LogP contribution in [0.15, 0.2) is 47.4 Å². The van der Waals surface area contributed by atoms with Gasteiger partial charge in [-0.25, -0.2) is 8.42 Å². The summed E-state index contributed by atoms with van der Waals surface area (Å²) < 4.78 is 38.2. The molecule has 0 radical (unpaired) electrons. The van der Waals surface area contributed by atoms with Crippen molar-refractivity contribution < 1.29 is 27.5 Å². The summed E-state index contributed by atoms with van der Waals surface area (Å²) >= 11 is 0. The van der Waals surface area contributed by atoms with Gasteiger partial charge >= 0.3 is 0 Å². The van der Waals surface area contributed by atoms with E-state index in [1.807, 2.05) is 0 Å². The lowest BCUT2D eigenvalue weighted by atomic mass is 10.2. The number of methoxy groups -OCH3 is 1. The van der Waals surface area contributed by atoms with Crippen LogP contribution in [0.1, 0.15) is 12.8 Å². The Morgan fingerprint density at radius 3 is 2.87 bits per heavy atom. The molecule has 4 rings (SSSR count). The molecule has 30 heavy (non-hydrogen) atoms. The van der Waals surface area contributed by atoms with Crippen molar-refractivity contribution in [2.45, 2.75) is 23.8 Å². The molecule has 2 aliphatic rings. The number of carbonyl (C=O) groups excluding carboxylic acids is 2. The van der Waals surface area contributed by atoms with Gasteiger partial charge in [0.2, 0.25) is 15.9 Å². The lowest BCUT2D eigenvalue weighted by Crippen LogP contribution is -2.43. The molecule has 2 aliphatic heterocycles. The normalized spacial score (nSPS) is 18.8. The maximum Gasteiger partial charge on any atom is 0.262 e. The zero-order valence-corrected chi connectivity index (χ0v) is 17.1. The minimum atomic E-state index is -3.96. The minimum absolute atomic E-state index is 0.0101. The number of anilines is 2. The summed E-state index contributed by atoms with van der Waals surface area (Å²) in [6.07, 6.45) is 0.971. The molecule has 9 nitrogen and oxygen atoms in total. The SMILES string of the molecule is COc1ccccc1NC(=O)[C@H]1CCCN1S(=O)(=O)c1ccc2c(c1)NC(=O)CO2. The number of amides is 2. The van der Waals surface area contributed by atoms with E-state index < -0.39 is 22.0 Å². The van der Waals surface area contributed by atoms with Crippen molar-refractivity contribution >= 4 is 33.2 Å². The lowest BCUT2D eigenvalue weighted by molar-refractivity contribution is -0.119. The van der Waals surface area contributed by atoms with Crippen molar-refractivity contribution in [3.63, 3.8) is 0 Å². The van der Waals surface area contributed by atoms with Crippen molar-refractivity contribution in [3.8, 4) is 11.5 Å². The molecule has 0 saturated carbocycles. The number of sulfonamides is 1. The molecule has 2 aromatic rings. The molecule has 2 amide bonds. The molecular weight excluding hydrogens is 410 g/mol. The second-order valence-corrected chi connectivity index (χ2v) is 8.85. The number of ether oxygens (including phenoxy) is 2. The molecule has 0 unspecified atom stereocenters. The number of hydrogen-bond acceptors (Lipinski definition) is 6. The summed E-state index contributed by atoms with van der Waals surface area (Å²) in [7, 11) is -2.46. The Labute approximate surface area is 174 Å². The van der Waals surface area contributed by atoms with E-state index in [4.69, 9.17) is 9.47 Å². The van der Waals surface area contributed by atoms with Gasteiger partial charge in [0.15, 0.2) is 6.61 Å².